The summed E-state index contributed by atoms with van der Waals surface area (Å²) in [5.74, 6) is 0.882. The zero-order valence-corrected chi connectivity index (χ0v) is 14.1. The molecular weight excluding hydrogens is 232 g/mol. The van der Waals surface area contributed by atoms with Gasteiger partial charge < -0.3 is 10.2 Å². The predicted molar refractivity (Wildman–Crippen MR) is 85.6 cm³/mol. The maximum Gasteiger partial charge on any atom is 0.0128 e. The molecule has 114 valence electrons. The number of likely N-dealkylation sites (tertiary alicyclic amines) is 1. The smallest absolute Gasteiger partial charge is 0.0128 e. The highest BCUT2D eigenvalue weighted by atomic mass is 15.2. The van der Waals surface area contributed by atoms with E-state index in [9.17, 15) is 0 Å². The van der Waals surface area contributed by atoms with Gasteiger partial charge in [0.15, 0.2) is 0 Å². The molecular formula is C17H36N2. The Hall–Kier alpha value is -0.0800. The molecule has 0 aromatic rings. The summed E-state index contributed by atoms with van der Waals surface area (Å²) in [7, 11) is 0. The van der Waals surface area contributed by atoms with Crippen LogP contribution in [0.15, 0.2) is 0 Å². The third kappa shape index (κ3) is 5.83. The first kappa shape index (κ1) is 17.0. The van der Waals surface area contributed by atoms with Gasteiger partial charge in [-0.3, -0.25) is 0 Å². The fourth-order valence-corrected chi connectivity index (χ4v) is 3.15. The molecule has 0 aromatic heterocycles. The molecule has 0 radical (unpaired) electrons. The summed E-state index contributed by atoms with van der Waals surface area (Å²) in [4.78, 5) is 2.71. The van der Waals surface area contributed by atoms with Gasteiger partial charge in [-0.15, -0.1) is 0 Å². The molecule has 2 heteroatoms. The molecule has 1 fully saturated rings. The van der Waals surface area contributed by atoms with E-state index in [0.717, 1.165) is 18.5 Å². The van der Waals surface area contributed by atoms with Crippen molar-refractivity contribution in [1.82, 2.24) is 10.2 Å². The van der Waals surface area contributed by atoms with Crippen LogP contribution in [-0.4, -0.2) is 36.6 Å². The Morgan fingerprint density at radius 1 is 1.21 bits per heavy atom. The average Bonchev–Trinajstić information content (AvgIpc) is 2.31. The van der Waals surface area contributed by atoms with Crippen LogP contribution in [0.25, 0.3) is 0 Å². The lowest BCUT2D eigenvalue weighted by Gasteiger charge is -2.39. The van der Waals surface area contributed by atoms with E-state index in [2.05, 4.69) is 51.8 Å². The van der Waals surface area contributed by atoms with Crippen LogP contribution in [-0.2, 0) is 0 Å². The molecule has 0 aromatic carbocycles. The largest absolute Gasteiger partial charge is 0.313 e. The topological polar surface area (TPSA) is 15.3 Å². The van der Waals surface area contributed by atoms with Crippen molar-refractivity contribution in [2.75, 3.05) is 19.6 Å². The molecule has 0 saturated carbocycles. The van der Waals surface area contributed by atoms with Crippen molar-refractivity contribution in [3.05, 3.63) is 0 Å². The maximum atomic E-state index is 3.75. The van der Waals surface area contributed by atoms with Crippen molar-refractivity contribution in [3.63, 3.8) is 0 Å². The third-order valence-electron chi connectivity index (χ3n) is 4.64. The van der Waals surface area contributed by atoms with Gasteiger partial charge in [-0.05, 0) is 57.0 Å². The Kier molecular flexibility index (Phi) is 6.82. The minimum atomic E-state index is 0.361. The first-order valence-electron chi connectivity index (χ1n) is 8.32. The summed E-state index contributed by atoms with van der Waals surface area (Å²) in [5, 5.41) is 3.75. The lowest BCUT2D eigenvalue weighted by molar-refractivity contribution is 0.110. The lowest BCUT2D eigenvalue weighted by Crippen LogP contribution is -2.46. The Morgan fingerprint density at radius 3 is 2.47 bits per heavy atom. The van der Waals surface area contributed by atoms with Crippen LogP contribution >= 0.6 is 0 Å². The van der Waals surface area contributed by atoms with Crippen LogP contribution < -0.4 is 5.32 Å². The zero-order chi connectivity index (χ0) is 14.5. The van der Waals surface area contributed by atoms with Crippen molar-refractivity contribution >= 4 is 0 Å². The Morgan fingerprint density at radius 2 is 1.89 bits per heavy atom. The van der Waals surface area contributed by atoms with E-state index in [4.69, 9.17) is 0 Å². The quantitative estimate of drug-likeness (QED) is 0.785. The summed E-state index contributed by atoms with van der Waals surface area (Å²) < 4.78 is 0. The number of nitrogens with zero attached hydrogens (tertiary/aromatic N) is 1. The molecule has 1 saturated heterocycles. The molecule has 1 aliphatic rings. The molecule has 1 aliphatic heterocycles. The van der Waals surface area contributed by atoms with E-state index < -0.39 is 0 Å². The van der Waals surface area contributed by atoms with Crippen molar-refractivity contribution < 1.29 is 0 Å². The summed E-state index contributed by atoms with van der Waals surface area (Å²) in [5.41, 5.74) is 0.361. The average molecular weight is 268 g/mol. The van der Waals surface area contributed by atoms with Crippen LogP contribution in [0.2, 0.25) is 0 Å². The highest BCUT2D eigenvalue weighted by Crippen LogP contribution is 2.25. The van der Waals surface area contributed by atoms with Crippen LogP contribution in [0, 0.1) is 11.3 Å². The van der Waals surface area contributed by atoms with Gasteiger partial charge in [-0.1, -0.05) is 34.6 Å². The maximum absolute atomic E-state index is 3.75. The molecule has 3 unspecified atom stereocenters. The van der Waals surface area contributed by atoms with Crippen molar-refractivity contribution in [2.24, 2.45) is 11.3 Å². The van der Waals surface area contributed by atoms with E-state index in [1.807, 2.05) is 0 Å². The standard InChI is InChI=1S/C17H36N2/c1-7-11-18-16(17(4,5)6)10-12-19-13-14(2)8-9-15(19)3/h14-16,18H,7-13H2,1-6H3. The monoisotopic (exact) mass is 268 g/mol. The molecule has 0 bridgehead atoms. The van der Waals surface area contributed by atoms with E-state index in [-0.39, 0.29) is 0 Å². The number of hydrogen-bond donors (Lipinski definition) is 1. The second-order valence-corrected chi connectivity index (χ2v) is 7.69. The van der Waals surface area contributed by atoms with Crippen LogP contribution in [0.1, 0.15) is 67.2 Å². The minimum Gasteiger partial charge on any atom is -0.313 e. The second-order valence-electron chi connectivity index (χ2n) is 7.69. The molecule has 3 atom stereocenters. The summed E-state index contributed by atoms with van der Waals surface area (Å²) >= 11 is 0. The van der Waals surface area contributed by atoms with Gasteiger partial charge in [0.05, 0.1) is 0 Å². The number of piperidine rings is 1. The highest BCUT2D eigenvalue weighted by molar-refractivity contribution is 4.84. The van der Waals surface area contributed by atoms with Gasteiger partial charge in [0, 0.05) is 18.6 Å². The van der Waals surface area contributed by atoms with Gasteiger partial charge in [-0.25, -0.2) is 0 Å². The van der Waals surface area contributed by atoms with Crippen LogP contribution in [0.5, 0.6) is 0 Å². The molecule has 0 amide bonds. The van der Waals surface area contributed by atoms with Gasteiger partial charge >= 0.3 is 0 Å². The van der Waals surface area contributed by atoms with E-state index in [0.29, 0.717) is 11.5 Å². The van der Waals surface area contributed by atoms with E-state index in [1.165, 1.54) is 38.8 Å². The van der Waals surface area contributed by atoms with Crippen LogP contribution in [0.4, 0.5) is 0 Å². The summed E-state index contributed by atoms with van der Waals surface area (Å²) in [6, 6.07) is 1.42. The Labute approximate surface area is 121 Å². The molecule has 2 nitrogen and oxygen atoms in total. The van der Waals surface area contributed by atoms with Gasteiger partial charge in [-0.2, -0.15) is 0 Å². The van der Waals surface area contributed by atoms with E-state index >= 15 is 0 Å². The summed E-state index contributed by atoms with van der Waals surface area (Å²) in [6.07, 6.45) is 5.29. The van der Waals surface area contributed by atoms with E-state index in [1.54, 1.807) is 0 Å². The zero-order valence-electron chi connectivity index (χ0n) is 14.1. The Balaban J connectivity index is 2.45. The lowest BCUT2D eigenvalue weighted by atomic mass is 9.84. The SMILES string of the molecule is CCCNC(CCN1CC(C)CCC1C)C(C)(C)C. The van der Waals surface area contributed by atoms with Crippen molar-refractivity contribution in [2.45, 2.75) is 79.3 Å². The fourth-order valence-electron chi connectivity index (χ4n) is 3.15. The number of hydrogen-bond acceptors (Lipinski definition) is 2. The van der Waals surface area contributed by atoms with Crippen LogP contribution in [0.3, 0.4) is 0 Å². The summed E-state index contributed by atoms with van der Waals surface area (Å²) in [6.45, 7) is 17.8. The predicted octanol–water partition coefficient (Wildman–Crippen LogP) is 3.91. The normalized spacial score (nSPS) is 27.5. The third-order valence-corrected chi connectivity index (χ3v) is 4.64. The number of nitrogens with one attached hydrogen (secondary N) is 1. The molecule has 0 aliphatic carbocycles. The molecule has 1 rings (SSSR count). The van der Waals surface area contributed by atoms with Crippen molar-refractivity contribution in [1.29, 1.82) is 0 Å². The molecule has 1 N–H and O–H groups in total. The molecule has 19 heavy (non-hydrogen) atoms. The fraction of sp³-hybridized carbons (Fsp3) is 1.00. The van der Waals surface area contributed by atoms with Gasteiger partial charge in [0.2, 0.25) is 0 Å². The van der Waals surface area contributed by atoms with Gasteiger partial charge in [0.25, 0.3) is 0 Å². The molecule has 0 spiro atoms. The minimum absolute atomic E-state index is 0.361. The Bertz CT molecular complexity index is 244. The molecule has 1 heterocycles. The number of rotatable bonds is 6. The highest BCUT2D eigenvalue weighted by Gasteiger charge is 2.27. The first-order valence-corrected chi connectivity index (χ1v) is 8.32. The first-order chi connectivity index (χ1) is 8.84. The van der Waals surface area contributed by atoms with Gasteiger partial charge in [0.1, 0.15) is 0 Å². The van der Waals surface area contributed by atoms with Crippen molar-refractivity contribution in [3.8, 4) is 0 Å². The second kappa shape index (κ2) is 7.64.